The van der Waals surface area contributed by atoms with Crippen molar-refractivity contribution in [3.63, 3.8) is 0 Å². The van der Waals surface area contributed by atoms with Gasteiger partial charge in [-0.2, -0.15) is 0 Å². The molecule has 1 aliphatic heterocycles. The van der Waals surface area contributed by atoms with E-state index in [1.165, 1.54) is 16.7 Å². The minimum Gasteiger partial charge on any atom is -0.356 e. The van der Waals surface area contributed by atoms with Gasteiger partial charge in [0.15, 0.2) is 5.96 Å². The largest absolute Gasteiger partial charge is 0.356 e. The van der Waals surface area contributed by atoms with Crippen LogP contribution in [-0.4, -0.2) is 75.2 Å². The van der Waals surface area contributed by atoms with Gasteiger partial charge < -0.3 is 15.5 Å². The molecule has 2 rings (SSSR count). The molecule has 1 heterocycles. The number of likely N-dealkylation sites (N-methyl/N-ethyl adjacent to an activating group) is 1. The molecule has 5 nitrogen and oxygen atoms in total. The Morgan fingerprint density at radius 3 is 2.32 bits per heavy atom. The molecule has 0 spiro atoms. The maximum Gasteiger partial charge on any atom is 0.191 e. The van der Waals surface area contributed by atoms with E-state index in [2.05, 4.69) is 71.4 Å². The van der Waals surface area contributed by atoms with E-state index in [-0.39, 0.29) is 0 Å². The fraction of sp³-hybridized carbons (Fsp3) is 0.650. The second-order valence-electron chi connectivity index (χ2n) is 7.31. The van der Waals surface area contributed by atoms with Crippen LogP contribution in [0.1, 0.15) is 23.6 Å². The second-order valence-corrected chi connectivity index (χ2v) is 7.31. The summed E-state index contributed by atoms with van der Waals surface area (Å²) in [6.45, 7) is 13.0. The molecule has 1 aromatic carbocycles. The predicted octanol–water partition coefficient (Wildman–Crippen LogP) is 1.65. The van der Waals surface area contributed by atoms with E-state index in [4.69, 9.17) is 0 Å². The quantitative estimate of drug-likeness (QED) is 0.608. The number of guanidine groups is 1. The molecule has 2 N–H and O–H groups in total. The Hall–Kier alpha value is -1.59. The van der Waals surface area contributed by atoms with Crippen molar-refractivity contribution in [2.75, 3.05) is 53.4 Å². The van der Waals surface area contributed by atoms with Gasteiger partial charge in [0.05, 0.1) is 0 Å². The minimum absolute atomic E-state index is 0.520. The third-order valence-corrected chi connectivity index (χ3v) is 4.94. The minimum atomic E-state index is 0.520. The number of benzene rings is 1. The summed E-state index contributed by atoms with van der Waals surface area (Å²) in [5, 5.41) is 6.90. The van der Waals surface area contributed by atoms with E-state index >= 15 is 0 Å². The van der Waals surface area contributed by atoms with Gasteiger partial charge in [-0.3, -0.25) is 9.89 Å². The summed E-state index contributed by atoms with van der Waals surface area (Å²) in [5.41, 5.74) is 4.04. The summed E-state index contributed by atoms with van der Waals surface area (Å²) < 4.78 is 0. The molecule has 1 aromatic rings. The van der Waals surface area contributed by atoms with Gasteiger partial charge in [0.1, 0.15) is 0 Å². The van der Waals surface area contributed by atoms with Crippen LogP contribution in [-0.2, 0) is 6.42 Å². The smallest absolute Gasteiger partial charge is 0.191 e. The molecule has 5 heteroatoms. The number of hydrogen-bond acceptors (Lipinski definition) is 3. The first-order chi connectivity index (χ1) is 12.0. The lowest BCUT2D eigenvalue weighted by Crippen LogP contribution is -2.52. The van der Waals surface area contributed by atoms with Crippen molar-refractivity contribution in [1.82, 2.24) is 20.4 Å². The monoisotopic (exact) mass is 345 g/mol. The fourth-order valence-electron chi connectivity index (χ4n) is 3.40. The zero-order chi connectivity index (χ0) is 18.2. The van der Waals surface area contributed by atoms with Crippen LogP contribution in [0.25, 0.3) is 0 Å². The summed E-state index contributed by atoms with van der Waals surface area (Å²) in [6.07, 6.45) is 1.01. The molecule has 1 atom stereocenters. The molecule has 1 saturated heterocycles. The lowest BCUT2D eigenvalue weighted by Gasteiger charge is -2.36. The molecule has 1 unspecified atom stereocenters. The van der Waals surface area contributed by atoms with Gasteiger partial charge >= 0.3 is 0 Å². The molecule has 0 radical (unpaired) electrons. The van der Waals surface area contributed by atoms with Crippen molar-refractivity contribution in [2.45, 2.75) is 33.2 Å². The molecule has 0 bridgehead atoms. The van der Waals surface area contributed by atoms with Crippen molar-refractivity contribution in [3.05, 3.63) is 34.9 Å². The van der Waals surface area contributed by atoms with E-state index in [1.54, 1.807) is 0 Å². The second kappa shape index (κ2) is 9.78. The Bertz CT molecular complexity index is 541. The number of nitrogens with one attached hydrogen (secondary N) is 2. The Morgan fingerprint density at radius 2 is 1.72 bits per heavy atom. The summed E-state index contributed by atoms with van der Waals surface area (Å²) in [7, 11) is 4.04. The Labute approximate surface area is 153 Å². The lowest BCUT2D eigenvalue weighted by molar-refractivity contribution is 0.120. The first-order valence-electron chi connectivity index (χ1n) is 9.42. The topological polar surface area (TPSA) is 42.9 Å². The highest BCUT2D eigenvalue weighted by atomic mass is 15.3. The highest BCUT2D eigenvalue weighted by molar-refractivity contribution is 5.79. The van der Waals surface area contributed by atoms with Gasteiger partial charge in [0.2, 0.25) is 0 Å². The van der Waals surface area contributed by atoms with Crippen LogP contribution in [0.2, 0.25) is 0 Å². The van der Waals surface area contributed by atoms with Gasteiger partial charge in [-0.25, -0.2) is 0 Å². The van der Waals surface area contributed by atoms with Crippen LogP contribution in [0, 0.1) is 13.8 Å². The van der Waals surface area contributed by atoms with Crippen molar-refractivity contribution in [1.29, 1.82) is 0 Å². The maximum absolute atomic E-state index is 4.35. The molecule has 1 aliphatic rings. The molecule has 25 heavy (non-hydrogen) atoms. The van der Waals surface area contributed by atoms with E-state index in [1.807, 2.05) is 7.05 Å². The molecule has 1 fully saturated rings. The molecule has 140 valence electrons. The van der Waals surface area contributed by atoms with Crippen LogP contribution >= 0.6 is 0 Å². The van der Waals surface area contributed by atoms with Crippen molar-refractivity contribution < 1.29 is 0 Å². The highest BCUT2D eigenvalue weighted by Gasteiger charge is 2.18. The SMILES string of the molecule is CN=C(NCCc1cc(C)cc(C)c1)NCC(C)N1CCN(C)CC1. The summed E-state index contributed by atoms with van der Waals surface area (Å²) >= 11 is 0. The van der Waals surface area contributed by atoms with Gasteiger partial charge in [-0.1, -0.05) is 29.3 Å². The van der Waals surface area contributed by atoms with Crippen molar-refractivity contribution in [2.24, 2.45) is 4.99 Å². The predicted molar refractivity (Wildman–Crippen MR) is 108 cm³/mol. The number of rotatable bonds is 6. The zero-order valence-corrected chi connectivity index (χ0v) is 16.6. The lowest BCUT2D eigenvalue weighted by atomic mass is 10.1. The van der Waals surface area contributed by atoms with E-state index in [9.17, 15) is 0 Å². The Morgan fingerprint density at radius 1 is 1.08 bits per heavy atom. The van der Waals surface area contributed by atoms with Crippen LogP contribution < -0.4 is 10.6 Å². The van der Waals surface area contributed by atoms with E-state index < -0.39 is 0 Å². The molecule has 0 aliphatic carbocycles. The van der Waals surface area contributed by atoms with Gasteiger partial charge in [0, 0.05) is 52.4 Å². The number of aliphatic imine (C=N–C) groups is 1. The van der Waals surface area contributed by atoms with Crippen molar-refractivity contribution in [3.8, 4) is 0 Å². The number of hydrogen-bond donors (Lipinski definition) is 2. The first-order valence-corrected chi connectivity index (χ1v) is 9.42. The van der Waals surface area contributed by atoms with Crippen molar-refractivity contribution >= 4 is 5.96 Å². The molecular weight excluding hydrogens is 310 g/mol. The third kappa shape index (κ3) is 6.67. The van der Waals surface area contributed by atoms with Gasteiger partial charge in [-0.05, 0) is 39.8 Å². The highest BCUT2D eigenvalue weighted by Crippen LogP contribution is 2.09. The van der Waals surface area contributed by atoms with Crippen LogP contribution in [0.4, 0.5) is 0 Å². The fourth-order valence-corrected chi connectivity index (χ4v) is 3.40. The van der Waals surface area contributed by atoms with Crippen LogP contribution in [0.5, 0.6) is 0 Å². The molecular formula is C20H35N5. The summed E-state index contributed by atoms with van der Waals surface area (Å²) in [5.74, 6) is 0.894. The number of piperazine rings is 1. The average Bonchev–Trinajstić information content (AvgIpc) is 2.57. The van der Waals surface area contributed by atoms with Crippen LogP contribution in [0.15, 0.2) is 23.2 Å². The van der Waals surface area contributed by atoms with Crippen LogP contribution in [0.3, 0.4) is 0 Å². The molecule has 0 amide bonds. The Kier molecular flexibility index (Phi) is 7.72. The first kappa shape index (κ1) is 19.7. The number of nitrogens with zero attached hydrogens (tertiary/aromatic N) is 3. The Balaban J connectivity index is 1.71. The summed E-state index contributed by atoms with van der Waals surface area (Å²) in [4.78, 5) is 9.30. The zero-order valence-electron chi connectivity index (χ0n) is 16.6. The normalized spacial score (nSPS) is 18.2. The van der Waals surface area contributed by atoms with E-state index in [0.717, 1.165) is 51.6 Å². The number of aryl methyl sites for hydroxylation is 2. The molecule has 0 aromatic heterocycles. The van der Waals surface area contributed by atoms with Gasteiger partial charge in [0.25, 0.3) is 0 Å². The standard InChI is InChI=1S/C20H35N5/c1-16-12-17(2)14-19(13-16)6-7-22-20(21-4)23-15-18(3)25-10-8-24(5)9-11-25/h12-14,18H,6-11,15H2,1-5H3,(H2,21,22,23). The maximum atomic E-state index is 4.35. The van der Waals surface area contributed by atoms with Gasteiger partial charge in [-0.15, -0.1) is 0 Å². The molecule has 0 saturated carbocycles. The summed E-state index contributed by atoms with van der Waals surface area (Å²) in [6, 6.07) is 7.27. The third-order valence-electron chi connectivity index (χ3n) is 4.94. The average molecular weight is 346 g/mol. The van der Waals surface area contributed by atoms with E-state index in [0.29, 0.717) is 6.04 Å².